The minimum Gasteiger partial charge on any atom is -0.497 e. The van der Waals surface area contributed by atoms with E-state index >= 15 is 0 Å². The van der Waals surface area contributed by atoms with E-state index in [1.54, 1.807) is 7.11 Å². The third kappa shape index (κ3) is 4.01. The van der Waals surface area contributed by atoms with Gasteiger partial charge < -0.3 is 14.5 Å². The van der Waals surface area contributed by atoms with Crippen molar-refractivity contribution in [2.24, 2.45) is 5.92 Å². The van der Waals surface area contributed by atoms with Crippen molar-refractivity contribution < 1.29 is 14.3 Å². The number of piperazine rings is 1. The van der Waals surface area contributed by atoms with Crippen molar-refractivity contribution in [1.29, 1.82) is 0 Å². The third-order valence-electron chi connectivity index (χ3n) is 7.34. The Labute approximate surface area is 174 Å². The zero-order valence-electron chi connectivity index (χ0n) is 17.7. The van der Waals surface area contributed by atoms with Gasteiger partial charge in [0.15, 0.2) is 0 Å². The second-order valence-electron chi connectivity index (χ2n) is 8.97. The topological polar surface area (TPSA) is 49.9 Å². The third-order valence-corrected chi connectivity index (χ3v) is 7.34. The Morgan fingerprint density at radius 1 is 0.862 bits per heavy atom. The van der Waals surface area contributed by atoms with Gasteiger partial charge >= 0.3 is 0 Å². The molecule has 0 aromatic heterocycles. The molecule has 0 atom stereocenters. The molecule has 5 heteroatoms. The average molecular weight is 399 g/mol. The number of nitrogens with zero attached hydrogens (tertiary/aromatic N) is 2. The van der Waals surface area contributed by atoms with Gasteiger partial charge in [-0.15, -0.1) is 0 Å². The summed E-state index contributed by atoms with van der Waals surface area (Å²) in [5, 5.41) is 0. The number of methoxy groups -OCH3 is 1. The number of hydrogen-bond acceptors (Lipinski definition) is 3. The van der Waals surface area contributed by atoms with Crippen LogP contribution < -0.4 is 4.74 Å². The fraction of sp³-hybridized carbons (Fsp3) is 0.667. The van der Waals surface area contributed by atoms with Crippen molar-refractivity contribution >= 4 is 11.8 Å². The maximum Gasteiger partial charge on any atom is 0.233 e. The first kappa shape index (κ1) is 20.2. The molecule has 0 radical (unpaired) electrons. The molecule has 0 N–H and O–H groups in total. The zero-order chi connectivity index (χ0) is 20.3. The highest BCUT2D eigenvalue weighted by Crippen LogP contribution is 2.42. The monoisotopic (exact) mass is 398 g/mol. The molecule has 1 aromatic carbocycles. The predicted octanol–water partition coefficient (Wildman–Crippen LogP) is 3.76. The SMILES string of the molecule is COc1ccc(C2(C(=O)N3CCN(C(=O)C4CCCC4)CC3)CCCCC2)cc1. The molecule has 3 fully saturated rings. The van der Waals surface area contributed by atoms with Crippen LogP contribution in [0, 0.1) is 5.92 Å². The molecule has 2 aliphatic carbocycles. The molecule has 4 rings (SSSR count). The van der Waals surface area contributed by atoms with Crippen LogP contribution >= 0.6 is 0 Å². The van der Waals surface area contributed by atoms with Crippen molar-refractivity contribution in [2.45, 2.75) is 63.2 Å². The summed E-state index contributed by atoms with van der Waals surface area (Å²) in [5.74, 6) is 1.62. The lowest BCUT2D eigenvalue weighted by atomic mass is 9.68. The molecular formula is C24H34N2O3. The number of amides is 2. The molecule has 3 aliphatic rings. The van der Waals surface area contributed by atoms with E-state index in [0.29, 0.717) is 32.1 Å². The van der Waals surface area contributed by atoms with Gasteiger partial charge in [0.05, 0.1) is 12.5 Å². The van der Waals surface area contributed by atoms with Crippen LogP contribution in [0.15, 0.2) is 24.3 Å². The van der Waals surface area contributed by atoms with Crippen LogP contribution in [0.3, 0.4) is 0 Å². The van der Waals surface area contributed by atoms with Gasteiger partial charge in [-0.05, 0) is 43.4 Å². The Morgan fingerprint density at radius 3 is 2.03 bits per heavy atom. The first-order chi connectivity index (χ1) is 14.1. The van der Waals surface area contributed by atoms with Gasteiger partial charge in [0.25, 0.3) is 0 Å². The minimum atomic E-state index is -0.415. The maximum atomic E-state index is 13.8. The van der Waals surface area contributed by atoms with Crippen LogP contribution in [0.5, 0.6) is 5.75 Å². The molecule has 1 saturated heterocycles. The molecule has 5 nitrogen and oxygen atoms in total. The summed E-state index contributed by atoms with van der Waals surface area (Å²) in [4.78, 5) is 30.5. The van der Waals surface area contributed by atoms with E-state index in [1.807, 2.05) is 21.9 Å². The number of carbonyl (C=O) groups is 2. The van der Waals surface area contributed by atoms with Crippen molar-refractivity contribution in [1.82, 2.24) is 9.80 Å². The summed E-state index contributed by atoms with van der Waals surface area (Å²) >= 11 is 0. The largest absolute Gasteiger partial charge is 0.497 e. The van der Waals surface area contributed by atoms with Gasteiger partial charge in [-0.2, -0.15) is 0 Å². The zero-order valence-corrected chi connectivity index (χ0v) is 17.7. The van der Waals surface area contributed by atoms with Crippen LogP contribution in [0.4, 0.5) is 0 Å². The number of hydrogen-bond donors (Lipinski definition) is 0. The predicted molar refractivity (Wildman–Crippen MR) is 113 cm³/mol. The second-order valence-corrected chi connectivity index (χ2v) is 8.97. The van der Waals surface area contributed by atoms with E-state index in [-0.39, 0.29) is 11.8 Å². The lowest BCUT2D eigenvalue weighted by Crippen LogP contribution is -2.56. The molecular weight excluding hydrogens is 364 g/mol. The minimum absolute atomic E-state index is 0.223. The van der Waals surface area contributed by atoms with Crippen LogP contribution in [0.1, 0.15) is 63.4 Å². The lowest BCUT2D eigenvalue weighted by molar-refractivity contribution is -0.146. The van der Waals surface area contributed by atoms with Gasteiger partial charge in [-0.25, -0.2) is 0 Å². The van der Waals surface area contributed by atoms with Crippen molar-refractivity contribution in [2.75, 3.05) is 33.3 Å². The number of benzene rings is 1. The van der Waals surface area contributed by atoms with E-state index in [9.17, 15) is 9.59 Å². The first-order valence-electron chi connectivity index (χ1n) is 11.4. The average Bonchev–Trinajstić information content (AvgIpc) is 3.34. The lowest BCUT2D eigenvalue weighted by Gasteiger charge is -2.43. The quantitative estimate of drug-likeness (QED) is 0.776. The Kier molecular flexibility index (Phi) is 6.12. The first-order valence-corrected chi connectivity index (χ1v) is 11.4. The Bertz CT molecular complexity index is 710. The smallest absolute Gasteiger partial charge is 0.233 e. The molecule has 1 aromatic rings. The summed E-state index contributed by atoms with van der Waals surface area (Å²) in [6.07, 6.45) is 9.67. The molecule has 29 heavy (non-hydrogen) atoms. The molecule has 0 bridgehead atoms. The van der Waals surface area contributed by atoms with Gasteiger partial charge in [-0.3, -0.25) is 9.59 Å². The summed E-state index contributed by atoms with van der Waals surface area (Å²) in [6, 6.07) is 8.08. The summed E-state index contributed by atoms with van der Waals surface area (Å²) < 4.78 is 5.31. The Balaban J connectivity index is 1.46. The highest BCUT2D eigenvalue weighted by atomic mass is 16.5. The molecule has 158 valence electrons. The van der Waals surface area contributed by atoms with Gasteiger partial charge in [0, 0.05) is 32.1 Å². The van der Waals surface area contributed by atoms with E-state index < -0.39 is 5.41 Å². The molecule has 2 amide bonds. The fourth-order valence-corrected chi connectivity index (χ4v) is 5.55. The van der Waals surface area contributed by atoms with Crippen molar-refractivity contribution in [3.63, 3.8) is 0 Å². The summed E-state index contributed by atoms with van der Waals surface area (Å²) in [7, 11) is 1.67. The second kappa shape index (κ2) is 8.76. The fourth-order valence-electron chi connectivity index (χ4n) is 5.55. The highest BCUT2D eigenvalue weighted by Gasteiger charge is 2.44. The molecule has 2 saturated carbocycles. The van der Waals surface area contributed by atoms with Gasteiger partial charge in [0.1, 0.15) is 5.75 Å². The van der Waals surface area contributed by atoms with Gasteiger partial charge in [0.2, 0.25) is 11.8 Å². The van der Waals surface area contributed by atoms with E-state index in [0.717, 1.165) is 49.8 Å². The van der Waals surface area contributed by atoms with Gasteiger partial charge in [-0.1, -0.05) is 44.2 Å². The normalized spacial score (nSPS) is 22.5. The molecule has 0 spiro atoms. The Hall–Kier alpha value is -2.04. The van der Waals surface area contributed by atoms with Crippen molar-refractivity contribution in [3.8, 4) is 5.75 Å². The maximum absolute atomic E-state index is 13.8. The number of ether oxygens (including phenoxy) is 1. The van der Waals surface area contributed by atoms with Crippen LogP contribution in [-0.2, 0) is 15.0 Å². The summed E-state index contributed by atoms with van der Waals surface area (Å²) in [5.41, 5.74) is 0.703. The van der Waals surface area contributed by atoms with Crippen LogP contribution in [0.25, 0.3) is 0 Å². The van der Waals surface area contributed by atoms with Crippen LogP contribution in [-0.4, -0.2) is 54.9 Å². The van der Waals surface area contributed by atoms with E-state index in [4.69, 9.17) is 4.74 Å². The molecule has 0 unspecified atom stereocenters. The van der Waals surface area contributed by atoms with Crippen LogP contribution in [0.2, 0.25) is 0 Å². The molecule has 1 heterocycles. The number of rotatable bonds is 4. The van der Waals surface area contributed by atoms with Crippen molar-refractivity contribution in [3.05, 3.63) is 29.8 Å². The van der Waals surface area contributed by atoms with E-state index in [1.165, 1.54) is 19.3 Å². The highest BCUT2D eigenvalue weighted by molar-refractivity contribution is 5.89. The van der Waals surface area contributed by atoms with E-state index in [2.05, 4.69) is 12.1 Å². The Morgan fingerprint density at radius 2 is 1.45 bits per heavy atom. The standard InChI is InChI=1S/C24H34N2O3/c1-29-21-11-9-20(10-12-21)24(13-5-2-6-14-24)23(28)26-17-15-25(16-18-26)22(27)19-7-3-4-8-19/h9-12,19H,2-8,13-18H2,1H3. The molecule has 1 aliphatic heterocycles. The summed E-state index contributed by atoms with van der Waals surface area (Å²) in [6.45, 7) is 2.68. The number of carbonyl (C=O) groups excluding carboxylic acids is 2.